The maximum atomic E-state index is 13.6. The number of ether oxygens (including phenoxy) is 1. The van der Waals surface area contributed by atoms with Gasteiger partial charge >= 0.3 is 0 Å². The average molecular weight is 536 g/mol. The molecule has 0 spiro atoms. The van der Waals surface area contributed by atoms with Gasteiger partial charge in [-0.1, -0.05) is 18.5 Å². The molecule has 0 radical (unpaired) electrons. The number of hydrogen-bond acceptors (Lipinski definition) is 6. The first-order valence-electron chi connectivity index (χ1n) is 12.3. The van der Waals surface area contributed by atoms with Crippen molar-refractivity contribution in [3.8, 4) is 5.75 Å². The van der Waals surface area contributed by atoms with Crippen molar-refractivity contribution in [1.29, 1.82) is 0 Å². The summed E-state index contributed by atoms with van der Waals surface area (Å²) in [6, 6.07) is 10.2. The summed E-state index contributed by atoms with van der Waals surface area (Å²) in [7, 11) is -1.80. The highest BCUT2D eigenvalue weighted by atomic mass is 35.5. The topological polar surface area (TPSA) is 99.2 Å². The summed E-state index contributed by atoms with van der Waals surface area (Å²) >= 11 is 5.89. The van der Waals surface area contributed by atoms with E-state index in [1.54, 1.807) is 24.0 Å². The van der Waals surface area contributed by atoms with Crippen molar-refractivity contribution in [2.75, 3.05) is 38.0 Å². The fourth-order valence-electron chi connectivity index (χ4n) is 4.45. The van der Waals surface area contributed by atoms with Crippen LogP contribution in [0, 0.1) is 11.8 Å². The van der Waals surface area contributed by atoms with Crippen LogP contribution in [0.5, 0.6) is 5.75 Å². The van der Waals surface area contributed by atoms with Crippen LogP contribution in [0.4, 0.5) is 5.69 Å². The van der Waals surface area contributed by atoms with Gasteiger partial charge in [0.05, 0.1) is 23.1 Å². The predicted molar refractivity (Wildman–Crippen MR) is 140 cm³/mol. The van der Waals surface area contributed by atoms with Crippen LogP contribution in [-0.2, 0) is 10.0 Å². The molecule has 196 valence electrons. The Hall–Kier alpha value is -2.33. The number of hydrogen-bond donors (Lipinski definition) is 2. The molecule has 1 aliphatic heterocycles. The Balaban J connectivity index is 1.64. The third-order valence-electron chi connectivity index (χ3n) is 6.80. The molecule has 36 heavy (non-hydrogen) atoms. The van der Waals surface area contributed by atoms with Crippen LogP contribution in [0.1, 0.15) is 37.0 Å². The number of sulfonamides is 1. The molecule has 2 N–H and O–H groups in total. The van der Waals surface area contributed by atoms with E-state index >= 15 is 0 Å². The maximum absolute atomic E-state index is 13.6. The van der Waals surface area contributed by atoms with E-state index in [0.717, 1.165) is 12.5 Å². The van der Waals surface area contributed by atoms with E-state index in [2.05, 4.69) is 23.6 Å². The molecule has 0 saturated heterocycles. The van der Waals surface area contributed by atoms with Gasteiger partial charge < -0.3 is 19.6 Å². The molecule has 1 saturated carbocycles. The molecule has 2 aromatic rings. The molecular weight excluding hydrogens is 502 g/mol. The molecule has 4 rings (SSSR count). The monoisotopic (exact) mass is 535 g/mol. The summed E-state index contributed by atoms with van der Waals surface area (Å²) in [5.41, 5.74) is 0.502. The molecule has 0 bridgehead atoms. The molecule has 8 nitrogen and oxygen atoms in total. The minimum absolute atomic E-state index is 0.0286. The lowest BCUT2D eigenvalue weighted by molar-refractivity contribution is 0.0344. The van der Waals surface area contributed by atoms with E-state index in [4.69, 9.17) is 16.3 Å². The number of amides is 1. The van der Waals surface area contributed by atoms with E-state index in [1.165, 1.54) is 43.2 Å². The quantitative estimate of drug-likeness (QED) is 0.508. The van der Waals surface area contributed by atoms with Crippen LogP contribution in [0.3, 0.4) is 0 Å². The first-order chi connectivity index (χ1) is 17.1. The largest absolute Gasteiger partial charge is 0.488 e. The fraction of sp³-hybridized carbons (Fsp3) is 0.500. The first kappa shape index (κ1) is 26.7. The highest BCUT2D eigenvalue weighted by molar-refractivity contribution is 7.92. The number of aliphatic hydroxyl groups is 1. The molecule has 1 heterocycles. The number of halogens is 1. The molecule has 1 aliphatic carbocycles. The Kier molecular flexibility index (Phi) is 8.14. The zero-order valence-corrected chi connectivity index (χ0v) is 22.4. The van der Waals surface area contributed by atoms with Crippen LogP contribution in [-0.4, -0.2) is 74.7 Å². The van der Waals surface area contributed by atoms with Crippen molar-refractivity contribution in [3.05, 3.63) is 53.1 Å². The SMILES string of the molecule is C[C@H]1CN([C@@H](C)CO)C(=O)c2cc(NS(=O)(=O)c3ccc(Cl)cc3)ccc2O[C@H]1CN(C)CC1CC1. The summed E-state index contributed by atoms with van der Waals surface area (Å²) in [5.74, 6) is 0.868. The Morgan fingerprint density at radius 3 is 2.53 bits per heavy atom. The van der Waals surface area contributed by atoms with Gasteiger partial charge in [-0.25, -0.2) is 8.42 Å². The number of likely N-dealkylation sites (N-methyl/N-ethyl adjacent to an activating group) is 1. The van der Waals surface area contributed by atoms with Gasteiger partial charge in [-0.2, -0.15) is 0 Å². The van der Waals surface area contributed by atoms with E-state index < -0.39 is 16.1 Å². The lowest BCUT2D eigenvalue weighted by Crippen LogP contribution is -2.50. The van der Waals surface area contributed by atoms with Crippen molar-refractivity contribution in [2.45, 2.75) is 43.7 Å². The van der Waals surface area contributed by atoms with Gasteiger partial charge in [-0.15, -0.1) is 0 Å². The van der Waals surface area contributed by atoms with Crippen LogP contribution >= 0.6 is 11.6 Å². The number of rotatable bonds is 9. The van der Waals surface area contributed by atoms with Gasteiger partial charge in [0, 0.05) is 36.3 Å². The Morgan fingerprint density at radius 2 is 1.89 bits per heavy atom. The van der Waals surface area contributed by atoms with E-state index in [1.807, 2.05) is 0 Å². The van der Waals surface area contributed by atoms with Gasteiger partial charge in [-0.05, 0) is 75.2 Å². The molecule has 0 unspecified atom stereocenters. The zero-order valence-electron chi connectivity index (χ0n) is 20.9. The number of nitrogens with zero attached hydrogens (tertiary/aromatic N) is 2. The molecular formula is C26H34ClN3O5S. The van der Waals surface area contributed by atoms with Crippen LogP contribution in [0.15, 0.2) is 47.4 Å². The third kappa shape index (κ3) is 6.32. The molecule has 2 aromatic carbocycles. The van der Waals surface area contributed by atoms with Crippen LogP contribution in [0.25, 0.3) is 0 Å². The Morgan fingerprint density at radius 1 is 1.19 bits per heavy atom. The van der Waals surface area contributed by atoms with Gasteiger partial charge in [-0.3, -0.25) is 9.52 Å². The molecule has 2 aliphatic rings. The van der Waals surface area contributed by atoms with Crippen molar-refractivity contribution >= 4 is 33.2 Å². The van der Waals surface area contributed by atoms with Crippen LogP contribution in [0.2, 0.25) is 5.02 Å². The summed E-state index contributed by atoms with van der Waals surface area (Å²) in [5, 5.41) is 10.3. The third-order valence-corrected chi connectivity index (χ3v) is 8.45. The number of nitrogens with one attached hydrogen (secondary N) is 1. The second kappa shape index (κ2) is 11.0. The minimum Gasteiger partial charge on any atom is -0.488 e. The highest BCUT2D eigenvalue weighted by Gasteiger charge is 2.34. The highest BCUT2D eigenvalue weighted by Crippen LogP contribution is 2.33. The lowest BCUT2D eigenvalue weighted by atomic mass is 9.99. The second-order valence-electron chi connectivity index (χ2n) is 10.1. The standard InChI is InChI=1S/C26H34ClN3O5S/c1-17-13-30(18(2)16-31)26(32)23-12-21(28-36(33,34)22-9-6-20(27)7-10-22)8-11-24(23)35-25(17)15-29(3)14-19-4-5-19/h6-12,17-19,25,28,31H,4-5,13-16H2,1-3H3/t17-,18-,25-/m0/s1. The number of carbonyl (C=O) groups excluding carboxylic acids is 1. The number of fused-ring (bicyclic) bond motifs is 1. The molecule has 1 fully saturated rings. The minimum atomic E-state index is -3.89. The smallest absolute Gasteiger partial charge is 0.261 e. The van der Waals surface area contributed by atoms with E-state index in [-0.39, 0.29) is 40.7 Å². The van der Waals surface area contributed by atoms with Crippen molar-refractivity contribution in [3.63, 3.8) is 0 Å². The number of aliphatic hydroxyl groups excluding tert-OH is 1. The zero-order chi connectivity index (χ0) is 26.0. The summed E-state index contributed by atoms with van der Waals surface area (Å²) in [6.07, 6.45) is 2.35. The molecule has 3 atom stereocenters. The predicted octanol–water partition coefficient (Wildman–Crippen LogP) is 3.70. The molecule has 10 heteroatoms. The van der Waals surface area contributed by atoms with E-state index in [9.17, 15) is 18.3 Å². The summed E-state index contributed by atoms with van der Waals surface area (Å²) in [6.45, 7) is 5.82. The van der Waals surface area contributed by atoms with Gasteiger partial charge in [0.25, 0.3) is 15.9 Å². The van der Waals surface area contributed by atoms with Gasteiger partial charge in [0.15, 0.2) is 0 Å². The average Bonchev–Trinajstić information content (AvgIpc) is 3.65. The number of benzene rings is 2. The maximum Gasteiger partial charge on any atom is 0.261 e. The Bertz CT molecular complexity index is 1190. The van der Waals surface area contributed by atoms with E-state index in [0.29, 0.717) is 23.9 Å². The number of carbonyl (C=O) groups is 1. The number of anilines is 1. The summed E-state index contributed by atoms with van der Waals surface area (Å²) in [4.78, 5) is 17.6. The Labute approximate surface area is 218 Å². The van der Waals surface area contributed by atoms with Crippen LogP contribution < -0.4 is 9.46 Å². The molecule has 1 amide bonds. The second-order valence-corrected chi connectivity index (χ2v) is 12.2. The van der Waals surface area contributed by atoms with Crippen molar-refractivity contribution in [1.82, 2.24) is 9.80 Å². The van der Waals surface area contributed by atoms with Crippen molar-refractivity contribution < 1.29 is 23.1 Å². The van der Waals surface area contributed by atoms with Gasteiger partial charge in [0.1, 0.15) is 11.9 Å². The first-order valence-corrected chi connectivity index (χ1v) is 14.1. The van der Waals surface area contributed by atoms with Crippen molar-refractivity contribution in [2.24, 2.45) is 11.8 Å². The summed E-state index contributed by atoms with van der Waals surface area (Å²) < 4.78 is 34.7. The normalized spacial score (nSPS) is 21.4. The van der Waals surface area contributed by atoms with Gasteiger partial charge in [0.2, 0.25) is 0 Å². The molecule has 0 aromatic heterocycles. The lowest BCUT2D eigenvalue weighted by Gasteiger charge is -2.38. The fourth-order valence-corrected chi connectivity index (χ4v) is 5.63.